The molecule has 5 nitrogen and oxygen atoms in total. The second-order valence-corrected chi connectivity index (χ2v) is 5.29. The van der Waals surface area contributed by atoms with Gasteiger partial charge in [-0.2, -0.15) is 0 Å². The standard InChI is InChI=1S/C15H19N5/c1-6-19-12(5)16-14-15(19)18-20(17-14)13-10(3)7-9(2)8-11(13)4/h7-8H,6H2,1-5H3. The van der Waals surface area contributed by atoms with Gasteiger partial charge in [-0.1, -0.05) is 17.7 Å². The maximum atomic E-state index is 4.63. The Morgan fingerprint density at radius 3 is 2.25 bits per heavy atom. The molecule has 0 saturated carbocycles. The lowest BCUT2D eigenvalue weighted by Gasteiger charge is -2.09. The van der Waals surface area contributed by atoms with Crippen molar-refractivity contribution in [3.8, 4) is 5.69 Å². The van der Waals surface area contributed by atoms with E-state index < -0.39 is 0 Å². The van der Waals surface area contributed by atoms with Crippen molar-refractivity contribution in [2.75, 3.05) is 0 Å². The van der Waals surface area contributed by atoms with Gasteiger partial charge in [-0.25, -0.2) is 4.98 Å². The molecule has 0 bridgehead atoms. The highest BCUT2D eigenvalue weighted by atomic mass is 15.5. The van der Waals surface area contributed by atoms with Crippen molar-refractivity contribution in [1.29, 1.82) is 0 Å². The van der Waals surface area contributed by atoms with E-state index in [1.807, 2.05) is 6.92 Å². The number of hydrogen-bond acceptors (Lipinski definition) is 3. The van der Waals surface area contributed by atoms with Crippen LogP contribution in [0.5, 0.6) is 0 Å². The summed E-state index contributed by atoms with van der Waals surface area (Å²) < 4.78 is 2.08. The Hall–Kier alpha value is -2.17. The minimum absolute atomic E-state index is 0.712. The fourth-order valence-electron chi connectivity index (χ4n) is 2.87. The second kappa shape index (κ2) is 4.44. The maximum absolute atomic E-state index is 4.63. The van der Waals surface area contributed by atoms with Gasteiger partial charge in [0, 0.05) is 6.54 Å². The SMILES string of the molecule is CCn1c(C)nc2nn(-c3c(C)cc(C)cc3C)nc21. The lowest BCUT2D eigenvalue weighted by Crippen LogP contribution is -2.06. The zero-order valence-corrected chi connectivity index (χ0v) is 12.6. The van der Waals surface area contributed by atoms with Gasteiger partial charge in [-0.15, -0.1) is 15.0 Å². The highest BCUT2D eigenvalue weighted by Crippen LogP contribution is 2.21. The largest absolute Gasteiger partial charge is 0.310 e. The van der Waals surface area contributed by atoms with E-state index in [1.54, 1.807) is 4.80 Å². The van der Waals surface area contributed by atoms with Gasteiger partial charge in [0.15, 0.2) is 0 Å². The van der Waals surface area contributed by atoms with Crippen LogP contribution in [-0.4, -0.2) is 24.5 Å². The van der Waals surface area contributed by atoms with Crippen LogP contribution < -0.4 is 0 Å². The molecular weight excluding hydrogens is 250 g/mol. The number of aromatic nitrogens is 5. The zero-order valence-electron chi connectivity index (χ0n) is 12.6. The van der Waals surface area contributed by atoms with Crippen molar-refractivity contribution >= 4 is 11.3 Å². The number of benzene rings is 1. The smallest absolute Gasteiger partial charge is 0.221 e. The number of fused-ring (bicyclic) bond motifs is 1. The third kappa shape index (κ3) is 1.81. The quantitative estimate of drug-likeness (QED) is 0.718. The summed E-state index contributed by atoms with van der Waals surface area (Å²) in [6.45, 7) is 11.2. The Bertz CT molecular complexity index is 771. The number of imidazole rings is 1. The molecule has 3 rings (SSSR count). The first-order valence-electron chi connectivity index (χ1n) is 6.89. The van der Waals surface area contributed by atoms with Crippen LogP contribution in [0, 0.1) is 27.7 Å². The van der Waals surface area contributed by atoms with Crippen LogP contribution in [0.4, 0.5) is 0 Å². The first kappa shape index (κ1) is 12.8. The number of rotatable bonds is 2. The van der Waals surface area contributed by atoms with Crippen molar-refractivity contribution in [3.05, 3.63) is 34.6 Å². The molecule has 0 amide bonds. The van der Waals surface area contributed by atoms with E-state index in [0.717, 1.165) is 23.7 Å². The minimum Gasteiger partial charge on any atom is -0.310 e. The Labute approximate surface area is 118 Å². The molecule has 104 valence electrons. The molecule has 0 spiro atoms. The minimum atomic E-state index is 0.712. The molecule has 0 saturated heterocycles. The summed E-state index contributed by atoms with van der Waals surface area (Å²) in [6, 6.07) is 4.31. The topological polar surface area (TPSA) is 48.5 Å². The summed E-state index contributed by atoms with van der Waals surface area (Å²) in [5.74, 6) is 0.960. The molecule has 3 aromatic rings. The van der Waals surface area contributed by atoms with Gasteiger partial charge in [0.2, 0.25) is 11.3 Å². The Balaban J connectivity index is 2.23. The van der Waals surface area contributed by atoms with E-state index in [1.165, 1.54) is 16.7 Å². The molecule has 2 aromatic heterocycles. The number of hydrogen-bond donors (Lipinski definition) is 0. The van der Waals surface area contributed by atoms with Crippen molar-refractivity contribution in [2.24, 2.45) is 0 Å². The van der Waals surface area contributed by atoms with E-state index in [4.69, 9.17) is 0 Å². The fourth-order valence-corrected chi connectivity index (χ4v) is 2.87. The fraction of sp³-hybridized carbons (Fsp3) is 0.400. The third-order valence-corrected chi connectivity index (χ3v) is 3.64. The van der Waals surface area contributed by atoms with Crippen LogP contribution in [0.2, 0.25) is 0 Å². The van der Waals surface area contributed by atoms with Gasteiger partial charge in [0.05, 0.1) is 5.69 Å². The summed E-state index contributed by atoms with van der Waals surface area (Å²) in [6.07, 6.45) is 0. The van der Waals surface area contributed by atoms with Crippen LogP contribution in [0.1, 0.15) is 29.4 Å². The van der Waals surface area contributed by atoms with Gasteiger partial charge in [-0.3, -0.25) is 0 Å². The van der Waals surface area contributed by atoms with E-state index in [2.05, 4.69) is 59.6 Å². The molecule has 20 heavy (non-hydrogen) atoms. The molecule has 5 heteroatoms. The van der Waals surface area contributed by atoms with E-state index >= 15 is 0 Å². The summed E-state index contributed by atoms with van der Waals surface area (Å²) in [5, 5.41) is 9.17. The van der Waals surface area contributed by atoms with Crippen LogP contribution in [0.3, 0.4) is 0 Å². The molecule has 0 aliphatic rings. The molecule has 0 atom stereocenters. The highest BCUT2D eigenvalue weighted by Gasteiger charge is 2.15. The summed E-state index contributed by atoms with van der Waals surface area (Å²) in [7, 11) is 0. The predicted octanol–water partition coefficient (Wildman–Crippen LogP) is 2.87. The predicted molar refractivity (Wildman–Crippen MR) is 79.3 cm³/mol. The molecule has 1 aromatic carbocycles. The third-order valence-electron chi connectivity index (χ3n) is 3.64. The Morgan fingerprint density at radius 1 is 1.00 bits per heavy atom. The number of aryl methyl sites for hydroxylation is 5. The highest BCUT2D eigenvalue weighted by molar-refractivity contribution is 5.66. The van der Waals surface area contributed by atoms with Crippen LogP contribution in [0.25, 0.3) is 17.0 Å². The normalized spacial score (nSPS) is 11.4. The lowest BCUT2D eigenvalue weighted by molar-refractivity contribution is 0.701. The molecule has 0 aliphatic carbocycles. The van der Waals surface area contributed by atoms with E-state index in [-0.39, 0.29) is 0 Å². The summed E-state index contributed by atoms with van der Waals surface area (Å²) >= 11 is 0. The molecule has 0 aliphatic heterocycles. The van der Waals surface area contributed by atoms with Crippen molar-refractivity contribution in [3.63, 3.8) is 0 Å². The van der Waals surface area contributed by atoms with Gasteiger partial charge >= 0.3 is 0 Å². The van der Waals surface area contributed by atoms with Gasteiger partial charge in [-0.05, 0) is 45.7 Å². The van der Waals surface area contributed by atoms with Crippen LogP contribution in [-0.2, 0) is 6.54 Å². The number of nitrogens with zero attached hydrogens (tertiary/aromatic N) is 5. The first-order chi connectivity index (χ1) is 9.51. The molecular formula is C15H19N5. The maximum Gasteiger partial charge on any atom is 0.221 e. The summed E-state index contributed by atoms with van der Waals surface area (Å²) in [4.78, 5) is 6.19. The Kier molecular flexibility index (Phi) is 2.85. The molecule has 0 fully saturated rings. The molecule has 0 N–H and O–H groups in total. The van der Waals surface area contributed by atoms with Crippen LogP contribution >= 0.6 is 0 Å². The van der Waals surface area contributed by atoms with E-state index in [9.17, 15) is 0 Å². The molecule has 0 radical (unpaired) electrons. The van der Waals surface area contributed by atoms with Gasteiger partial charge in [0.1, 0.15) is 5.82 Å². The van der Waals surface area contributed by atoms with Crippen molar-refractivity contribution in [2.45, 2.75) is 41.2 Å². The summed E-state index contributed by atoms with van der Waals surface area (Å²) in [5.41, 5.74) is 6.23. The van der Waals surface area contributed by atoms with Gasteiger partial charge in [0.25, 0.3) is 0 Å². The second-order valence-electron chi connectivity index (χ2n) is 5.29. The lowest BCUT2D eigenvalue weighted by atomic mass is 10.1. The monoisotopic (exact) mass is 269 g/mol. The van der Waals surface area contributed by atoms with Crippen LogP contribution in [0.15, 0.2) is 12.1 Å². The average molecular weight is 269 g/mol. The first-order valence-corrected chi connectivity index (χ1v) is 6.89. The Morgan fingerprint density at radius 2 is 1.65 bits per heavy atom. The van der Waals surface area contributed by atoms with Gasteiger partial charge < -0.3 is 4.57 Å². The molecule has 0 unspecified atom stereocenters. The zero-order chi connectivity index (χ0) is 14.4. The van der Waals surface area contributed by atoms with E-state index in [0.29, 0.717) is 5.65 Å². The van der Waals surface area contributed by atoms with Crippen molar-refractivity contribution in [1.82, 2.24) is 24.5 Å². The molecule has 2 heterocycles. The van der Waals surface area contributed by atoms with Crippen molar-refractivity contribution < 1.29 is 0 Å². The average Bonchev–Trinajstić information content (AvgIpc) is 2.83.